The highest BCUT2D eigenvalue weighted by Gasteiger charge is 2.15. The van der Waals surface area contributed by atoms with E-state index in [4.69, 9.17) is 23.2 Å². The van der Waals surface area contributed by atoms with Gasteiger partial charge in [-0.15, -0.1) is 5.10 Å². The number of hydrogen-bond acceptors (Lipinski definition) is 4. The van der Waals surface area contributed by atoms with E-state index >= 15 is 0 Å². The van der Waals surface area contributed by atoms with Gasteiger partial charge in [0.1, 0.15) is 10.9 Å². The average molecular weight is 372 g/mol. The van der Waals surface area contributed by atoms with Crippen molar-refractivity contribution in [3.05, 3.63) is 82.0 Å². The summed E-state index contributed by atoms with van der Waals surface area (Å²) in [4.78, 5) is 1.02. The minimum absolute atomic E-state index is 0.468. The van der Waals surface area contributed by atoms with Gasteiger partial charge in [0.2, 0.25) is 0 Å². The molecular weight excluding hydrogens is 361 g/mol. The minimum Gasteiger partial charge on any atom is -0.197 e. The van der Waals surface area contributed by atoms with Crippen molar-refractivity contribution in [1.29, 1.82) is 5.26 Å². The van der Waals surface area contributed by atoms with E-state index in [2.05, 4.69) is 16.3 Å². The van der Waals surface area contributed by atoms with E-state index in [1.54, 1.807) is 12.1 Å². The highest BCUT2D eigenvalue weighted by molar-refractivity contribution is 7.99. The first-order valence-corrected chi connectivity index (χ1v) is 8.65. The lowest BCUT2D eigenvalue weighted by molar-refractivity contribution is 0.837. The van der Waals surface area contributed by atoms with Gasteiger partial charge < -0.3 is 0 Å². The first-order chi connectivity index (χ1) is 11.7. The topological polar surface area (TPSA) is 49.6 Å². The molecule has 0 aliphatic rings. The van der Waals surface area contributed by atoms with Crippen LogP contribution in [0.2, 0.25) is 10.0 Å². The highest BCUT2D eigenvalue weighted by Crippen LogP contribution is 2.28. The molecule has 6 heteroatoms. The van der Waals surface area contributed by atoms with E-state index in [0.29, 0.717) is 15.7 Å². The number of aromatic nitrogens is 2. The summed E-state index contributed by atoms with van der Waals surface area (Å²) in [5.41, 5.74) is 1.45. The zero-order chi connectivity index (χ0) is 16.9. The second-order valence-corrected chi connectivity index (χ2v) is 6.93. The van der Waals surface area contributed by atoms with Gasteiger partial charge in [-0.05, 0) is 54.1 Å². The van der Waals surface area contributed by atoms with Crippen molar-refractivity contribution in [2.24, 2.45) is 0 Å². The summed E-state index contributed by atoms with van der Waals surface area (Å²) in [5.74, 6) is -0.468. The van der Waals surface area contributed by atoms with Gasteiger partial charge >= 0.3 is 0 Å². The van der Waals surface area contributed by atoms with E-state index in [-0.39, 0.29) is 0 Å². The van der Waals surface area contributed by atoms with Crippen molar-refractivity contribution in [1.82, 2.24) is 10.2 Å². The molecule has 118 valence electrons. The smallest absolute Gasteiger partial charge is 0.124 e. The molecule has 0 aliphatic heterocycles. The fraction of sp³-hybridized carbons (Fsp3) is 0.0556. The van der Waals surface area contributed by atoms with Crippen LogP contribution in [0.25, 0.3) is 0 Å². The monoisotopic (exact) mass is 371 g/mol. The summed E-state index contributed by atoms with van der Waals surface area (Å²) >= 11 is 13.3. The predicted molar refractivity (Wildman–Crippen MR) is 96.5 cm³/mol. The van der Waals surface area contributed by atoms with Crippen molar-refractivity contribution >= 4 is 35.0 Å². The van der Waals surface area contributed by atoms with Gasteiger partial charge in [-0.1, -0.05) is 47.1 Å². The van der Waals surface area contributed by atoms with Crippen LogP contribution in [0.5, 0.6) is 0 Å². The molecule has 1 aromatic heterocycles. The van der Waals surface area contributed by atoms with Crippen LogP contribution < -0.4 is 0 Å². The van der Waals surface area contributed by atoms with E-state index < -0.39 is 5.92 Å². The standard InChI is InChI=1S/C18H11Cl2N3S/c19-13-3-1-12(2-4-13)16(11-21)17-9-10-18(23-22-17)24-15-7-5-14(20)6-8-15/h1-10,16H/t16-/m1/s1. The molecule has 0 N–H and O–H groups in total. The molecule has 3 rings (SSSR count). The molecule has 0 radical (unpaired) electrons. The fourth-order valence-corrected chi connectivity index (χ4v) is 3.11. The Morgan fingerprint density at radius 3 is 2.00 bits per heavy atom. The molecule has 0 aliphatic carbocycles. The third-order valence-electron chi connectivity index (χ3n) is 3.32. The van der Waals surface area contributed by atoms with E-state index in [9.17, 15) is 5.26 Å². The predicted octanol–water partition coefficient (Wildman–Crippen LogP) is 5.59. The van der Waals surface area contributed by atoms with Crippen LogP contribution in [-0.4, -0.2) is 10.2 Å². The Bertz CT molecular complexity index is 857. The Hall–Kier alpha value is -2.06. The molecule has 0 unspecified atom stereocenters. The summed E-state index contributed by atoms with van der Waals surface area (Å²) in [6, 6.07) is 20.6. The second kappa shape index (κ2) is 7.67. The van der Waals surface area contributed by atoms with Gasteiger partial charge in [0.05, 0.1) is 11.8 Å². The number of rotatable bonds is 4. The summed E-state index contributed by atoms with van der Waals surface area (Å²) in [5, 5.41) is 20.0. The van der Waals surface area contributed by atoms with Gasteiger partial charge in [0, 0.05) is 14.9 Å². The number of benzene rings is 2. The highest BCUT2D eigenvalue weighted by atomic mass is 35.5. The van der Waals surface area contributed by atoms with E-state index in [0.717, 1.165) is 15.5 Å². The second-order valence-electron chi connectivity index (χ2n) is 4.97. The molecule has 0 amide bonds. The van der Waals surface area contributed by atoms with Crippen molar-refractivity contribution in [3.8, 4) is 6.07 Å². The zero-order valence-electron chi connectivity index (χ0n) is 12.4. The number of hydrogen-bond donors (Lipinski definition) is 0. The van der Waals surface area contributed by atoms with Crippen LogP contribution >= 0.6 is 35.0 Å². The molecule has 0 bridgehead atoms. The Labute approximate surface area is 154 Å². The Morgan fingerprint density at radius 1 is 0.833 bits per heavy atom. The molecule has 1 heterocycles. The van der Waals surface area contributed by atoms with Gasteiger partial charge in [-0.25, -0.2) is 0 Å². The number of nitriles is 1. The molecule has 3 nitrogen and oxygen atoms in total. The lowest BCUT2D eigenvalue weighted by atomic mass is 9.97. The Morgan fingerprint density at radius 2 is 1.46 bits per heavy atom. The summed E-state index contributed by atoms with van der Waals surface area (Å²) in [6.45, 7) is 0. The maximum Gasteiger partial charge on any atom is 0.124 e. The van der Waals surface area contributed by atoms with Crippen molar-refractivity contribution < 1.29 is 0 Å². The maximum atomic E-state index is 9.46. The van der Waals surface area contributed by atoms with E-state index in [1.807, 2.05) is 48.5 Å². The summed E-state index contributed by atoms with van der Waals surface area (Å²) in [6.07, 6.45) is 0. The van der Waals surface area contributed by atoms with E-state index in [1.165, 1.54) is 11.8 Å². The van der Waals surface area contributed by atoms with Crippen LogP contribution in [-0.2, 0) is 0 Å². The fourth-order valence-electron chi connectivity index (χ4n) is 2.13. The van der Waals surface area contributed by atoms with Crippen molar-refractivity contribution in [2.75, 3.05) is 0 Å². The van der Waals surface area contributed by atoms with Crippen LogP contribution in [0.15, 0.2) is 70.6 Å². The summed E-state index contributed by atoms with van der Waals surface area (Å²) < 4.78 is 0. The SMILES string of the molecule is N#C[C@H](c1ccc(Cl)cc1)c1ccc(Sc2ccc(Cl)cc2)nn1. The number of halogens is 2. The van der Waals surface area contributed by atoms with Crippen LogP contribution in [0.1, 0.15) is 17.2 Å². The first-order valence-electron chi connectivity index (χ1n) is 7.08. The van der Waals surface area contributed by atoms with Crippen molar-refractivity contribution in [3.63, 3.8) is 0 Å². The first kappa shape index (κ1) is 16.8. The van der Waals surface area contributed by atoms with Crippen LogP contribution in [0.4, 0.5) is 0 Å². The molecule has 2 aromatic carbocycles. The largest absolute Gasteiger partial charge is 0.197 e. The molecule has 0 fully saturated rings. The Kier molecular flexibility index (Phi) is 5.37. The molecule has 24 heavy (non-hydrogen) atoms. The molecule has 3 aromatic rings. The Balaban J connectivity index is 1.79. The van der Waals surface area contributed by atoms with Gasteiger partial charge in [0.25, 0.3) is 0 Å². The average Bonchev–Trinajstić information content (AvgIpc) is 2.61. The molecule has 0 saturated carbocycles. The molecule has 1 atom stereocenters. The minimum atomic E-state index is -0.468. The third kappa shape index (κ3) is 4.07. The number of nitrogens with zero attached hydrogens (tertiary/aromatic N) is 3. The van der Waals surface area contributed by atoms with Gasteiger partial charge in [-0.2, -0.15) is 10.4 Å². The maximum absolute atomic E-state index is 9.46. The lowest BCUT2D eigenvalue weighted by Crippen LogP contribution is -2.02. The van der Waals surface area contributed by atoms with Crippen molar-refractivity contribution in [2.45, 2.75) is 15.8 Å². The quantitative estimate of drug-likeness (QED) is 0.599. The van der Waals surface area contributed by atoms with Gasteiger partial charge in [-0.3, -0.25) is 0 Å². The molecule has 0 spiro atoms. The summed E-state index contributed by atoms with van der Waals surface area (Å²) in [7, 11) is 0. The lowest BCUT2D eigenvalue weighted by Gasteiger charge is -2.09. The van der Waals surface area contributed by atoms with Crippen LogP contribution in [0, 0.1) is 11.3 Å². The van der Waals surface area contributed by atoms with Crippen LogP contribution in [0.3, 0.4) is 0 Å². The molecule has 0 saturated heterocycles. The third-order valence-corrected chi connectivity index (χ3v) is 4.76. The van der Waals surface area contributed by atoms with Gasteiger partial charge in [0.15, 0.2) is 0 Å². The molecular formula is C18H11Cl2N3S. The zero-order valence-corrected chi connectivity index (χ0v) is 14.7. The normalized spacial score (nSPS) is 11.7.